The van der Waals surface area contributed by atoms with Crippen molar-refractivity contribution in [1.29, 1.82) is 0 Å². The molecular formula is C19H27NO. The largest absolute Gasteiger partial charge is 0.299 e. The van der Waals surface area contributed by atoms with Crippen molar-refractivity contribution in [2.24, 2.45) is 5.92 Å². The zero-order valence-electron chi connectivity index (χ0n) is 13.0. The third kappa shape index (κ3) is 3.74. The van der Waals surface area contributed by atoms with E-state index in [0.29, 0.717) is 17.7 Å². The van der Waals surface area contributed by atoms with Gasteiger partial charge in [-0.1, -0.05) is 49.6 Å². The Labute approximate surface area is 128 Å². The quantitative estimate of drug-likeness (QED) is 0.830. The highest BCUT2D eigenvalue weighted by Gasteiger charge is 2.34. The number of rotatable bonds is 3. The summed E-state index contributed by atoms with van der Waals surface area (Å²) in [7, 11) is 0. The molecule has 1 aromatic rings. The maximum Gasteiger partial charge on any atom is 0.137 e. The van der Waals surface area contributed by atoms with Gasteiger partial charge in [-0.3, -0.25) is 9.69 Å². The Hall–Kier alpha value is -1.15. The van der Waals surface area contributed by atoms with E-state index in [2.05, 4.69) is 35.2 Å². The molecule has 0 spiro atoms. The molecular weight excluding hydrogens is 258 g/mol. The molecule has 1 aliphatic carbocycles. The number of ketones is 1. The van der Waals surface area contributed by atoms with Gasteiger partial charge in [0.1, 0.15) is 5.78 Å². The maximum absolute atomic E-state index is 12.4. The van der Waals surface area contributed by atoms with Crippen molar-refractivity contribution in [1.82, 2.24) is 4.90 Å². The Morgan fingerprint density at radius 2 is 1.76 bits per heavy atom. The van der Waals surface area contributed by atoms with Crippen LogP contribution in [0.1, 0.15) is 56.9 Å². The smallest absolute Gasteiger partial charge is 0.137 e. The highest BCUT2D eigenvalue weighted by molar-refractivity contribution is 5.82. The molecule has 2 aliphatic rings. The van der Waals surface area contributed by atoms with Gasteiger partial charge in [-0.05, 0) is 37.8 Å². The van der Waals surface area contributed by atoms with E-state index < -0.39 is 0 Å². The summed E-state index contributed by atoms with van der Waals surface area (Å²) < 4.78 is 0. The molecule has 21 heavy (non-hydrogen) atoms. The van der Waals surface area contributed by atoms with E-state index in [9.17, 15) is 4.79 Å². The predicted molar refractivity (Wildman–Crippen MR) is 86.1 cm³/mol. The molecule has 1 saturated heterocycles. The van der Waals surface area contributed by atoms with E-state index >= 15 is 0 Å². The Morgan fingerprint density at radius 1 is 0.952 bits per heavy atom. The lowest BCUT2D eigenvalue weighted by Crippen LogP contribution is -2.43. The van der Waals surface area contributed by atoms with E-state index in [1.54, 1.807) is 0 Å². The van der Waals surface area contributed by atoms with Crippen LogP contribution in [-0.4, -0.2) is 23.3 Å². The van der Waals surface area contributed by atoms with Gasteiger partial charge >= 0.3 is 0 Å². The maximum atomic E-state index is 12.4. The van der Waals surface area contributed by atoms with E-state index in [-0.39, 0.29) is 0 Å². The van der Waals surface area contributed by atoms with Crippen LogP contribution >= 0.6 is 0 Å². The Bertz CT molecular complexity index is 456. The first-order chi connectivity index (χ1) is 10.3. The number of likely N-dealkylation sites (tertiary alicyclic amines) is 1. The Balaban J connectivity index is 1.75. The molecule has 1 aliphatic heterocycles. The van der Waals surface area contributed by atoms with Crippen LogP contribution < -0.4 is 0 Å². The summed E-state index contributed by atoms with van der Waals surface area (Å²) in [6.07, 6.45) is 9.40. The van der Waals surface area contributed by atoms with Crippen LogP contribution in [0.15, 0.2) is 30.3 Å². The molecule has 0 aromatic heterocycles. The molecule has 2 fully saturated rings. The highest BCUT2D eigenvalue weighted by Crippen LogP contribution is 2.32. The van der Waals surface area contributed by atoms with Crippen LogP contribution in [0.3, 0.4) is 0 Å². The zero-order chi connectivity index (χ0) is 14.5. The first kappa shape index (κ1) is 14.8. The molecule has 0 amide bonds. The minimum Gasteiger partial charge on any atom is -0.299 e. The third-order valence-electron chi connectivity index (χ3n) is 5.21. The molecule has 2 heteroatoms. The molecule has 1 aromatic carbocycles. The fraction of sp³-hybridized carbons (Fsp3) is 0.632. The number of hydrogen-bond acceptors (Lipinski definition) is 2. The van der Waals surface area contributed by atoms with Gasteiger partial charge in [-0.25, -0.2) is 0 Å². The van der Waals surface area contributed by atoms with Gasteiger partial charge in [-0.15, -0.1) is 0 Å². The van der Waals surface area contributed by atoms with Crippen molar-refractivity contribution in [2.45, 2.75) is 64.0 Å². The van der Waals surface area contributed by atoms with E-state index in [4.69, 9.17) is 0 Å². The van der Waals surface area contributed by atoms with Gasteiger partial charge < -0.3 is 0 Å². The van der Waals surface area contributed by atoms with Gasteiger partial charge in [-0.2, -0.15) is 0 Å². The molecule has 2 nitrogen and oxygen atoms in total. The lowest BCUT2D eigenvalue weighted by molar-refractivity contribution is -0.127. The number of hydrogen-bond donors (Lipinski definition) is 0. The van der Waals surface area contributed by atoms with Gasteiger partial charge in [0.15, 0.2) is 0 Å². The molecule has 0 N–H and O–H groups in total. The van der Waals surface area contributed by atoms with Crippen molar-refractivity contribution in [3.63, 3.8) is 0 Å². The molecule has 1 saturated carbocycles. The summed E-state index contributed by atoms with van der Waals surface area (Å²) in [5, 5.41) is 0. The summed E-state index contributed by atoms with van der Waals surface area (Å²) in [5.74, 6) is 0.840. The fourth-order valence-corrected chi connectivity index (χ4v) is 4.08. The fourth-order valence-electron chi connectivity index (χ4n) is 4.08. The van der Waals surface area contributed by atoms with E-state index in [0.717, 1.165) is 32.4 Å². The van der Waals surface area contributed by atoms with Crippen molar-refractivity contribution < 1.29 is 4.79 Å². The highest BCUT2D eigenvalue weighted by atomic mass is 16.1. The summed E-state index contributed by atoms with van der Waals surface area (Å²) in [5.41, 5.74) is 1.38. The average molecular weight is 285 g/mol. The molecule has 114 valence electrons. The van der Waals surface area contributed by atoms with Crippen LogP contribution in [0, 0.1) is 5.92 Å². The van der Waals surface area contributed by atoms with Crippen molar-refractivity contribution in [2.75, 3.05) is 6.54 Å². The molecule has 0 radical (unpaired) electrons. The third-order valence-corrected chi connectivity index (χ3v) is 5.21. The topological polar surface area (TPSA) is 20.3 Å². The van der Waals surface area contributed by atoms with Gasteiger partial charge in [0.2, 0.25) is 0 Å². The predicted octanol–water partition coefficient (Wildman–Crippen LogP) is 4.19. The first-order valence-corrected chi connectivity index (χ1v) is 8.65. The number of nitrogens with zero attached hydrogens (tertiary/aromatic N) is 1. The number of benzene rings is 1. The normalized spacial score (nSPS) is 28.3. The molecule has 3 rings (SSSR count). The summed E-state index contributed by atoms with van der Waals surface area (Å²) >= 11 is 0. The van der Waals surface area contributed by atoms with Gasteiger partial charge in [0.25, 0.3) is 0 Å². The number of Topliss-reactive ketones (excluding diaryl/α,β-unsaturated/α-hetero) is 1. The lowest BCUT2D eigenvalue weighted by Gasteiger charge is -2.37. The number of carbonyl (C=O) groups excluding carboxylic acids is 1. The number of carbonyl (C=O) groups is 1. The van der Waals surface area contributed by atoms with E-state index in [1.165, 1.54) is 37.7 Å². The van der Waals surface area contributed by atoms with Crippen LogP contribution in [0.4, 0.5) is 0 Å². The monoisotopic (exact) mass is 285 g/mol. The molecule has 2 atom stereocenters. The SMILES string of the molecule is O=C1CCCC[C@@H]1[C@H]1CCCCCN1Cc1ccccc1. The van der Waals surface area contributed by atoms with Crippen molar-refractivity contribution in [3.05, 3.63) is 35.9 Å². The molecule has 1 heterocycles. The second-order valence-electron chi connectivity index (χ2n) is 6.69. The molecule has 0 unspecified atom stereocenters. The standard InChI is InChI=1S/C19H27NO/c21-19-13-7-6-11-17(19)18-12-5-2-8-14-20(18)15-16-9-3-1-4-10-16/h1,3-4,9-10,17-18H,2,5-8,11-15H2/t17-,18-/m1/s1. The van der Waals surface area contributed by atoms with Crippen molar-refractivity contribution in [3.8, 4) is 0 Å². The van der Waals surface area contributed by atoms with Gasteiger partial charge in [0, 0.05) is 24.9 Å². The van der Waals surface area contributed by atoms with Crippen molar-refractivity contribution >= 4 is 5.78 Å². The minimum absolute atomic E-state index is 0.306. The first-order valence-electron chi connectivity index (χ1n) is 8.65. The summed E-state index contributed by atoms with van der Waals surface area (Å²) in [6, 6.07) is 11.2. The average Bonchev–Trinajstić information content (AvgIpc) is 2.74. The van der Waals surface area contributed by atoms with Crippen LogP contribution in [0.25, 0.3) is 0 Å². The Kier molecular flexibility index (Phi) is 5.08. The van der Waals surface area contributed by atoms with Crippen LogP contribution in [0.5, 0.6) is 0 Å². The van der Waals surface area contributed by atoms with Crippen LogP contribution in [-0.2, 0) is 11.3 Å². The van der Waals surface area contributed by atoms with Gasteiger partial charge in [0.05, 0.1) is 0 Å². The second-order valence-corrected chi connectivity index (χ2v) is 6.69. The van der Waals surface area contributed by atoms with Crippen LogP contribution in [0.2, 0.25) is 0 Å². The minimum atomic E-state index is 0.306. The molecule has 0 bridgehead atoms. The lowest BCUT2D eigenvalue weighted by atomic mass is 9.80. The summed E-state index contributed by atoms with van der Waals surface area (Å²) in [4.78, 5) is 15.0. The second kappa shape index (κ2) is 7.22. The zero-order valence-corrected chi connectivity index (χ0v) is 13.0. The van der Waals surface area contributed by atoms with E-state index in [1.807, 2.05) is 0 Å². The Morgan fingerprint density at radius 3 is 2.57 bits per heavy atom. The summed E-state index contributed by atoms with van der Waals surface area (Å²) in [6.45, 7) is 2.17.